The molecule has 1 amide bonds. The number of carbonyl (C=O) groups is 2. The molecule has 0 saturated heterocycles. The number of rotatable bonds is 3. The van der Waals surface area contributed by atoms with Gasteiger partial charge in [0.25, 0.3) is 0 Å². The van der Waals surface area contributed by atoms with E-state index >= 15 is 0 Å². The summed E-state index contributed by atoms with van der Waals surface area (Å²) in [6.45, 7) is 3.47. The van der Waals surface area contributed by atoms with Crippen LogP contribution in [0.25, 0.3) is 0 Å². The van der Waals surface area contributed by atoms with Gasteiger partial charge in [0.05, 0.1) is 5.41 Å². The highest BCUT2D eigenvalue weighted by Crippen LogP contribution is 2.22. The van der Waals surface area contributed by atoms with E-state index in [9.17, 15) is 9.59 Å². The van der Waals surface area contributed by atoms with Gasteiger partial charge < -0.3 is 5.73 Å². The summed E-state index contributed by atoms with van der Waals surface area (Å²) in [6.07, 6.45) is 0.751. The fraction of sp³-hybridized carbons (Fsp3) is 0.273. The van der Waals surface area contributed by atoms with Crippen molar-refractivity contribution in [2.75, 3.05) is 0 Å². The maximum Gasteiger partial charge on any atom is 0.227 e. The van der Waals surface area contributed by atoms with Crippen LogP contribution in [-0.2, 0) is 10.2 Å². The molecular formula is C11H13NO2. The fourth-order valence-electron chi connectivity index (χ4n) is 1.14. The average Bonchev–Trinajstić information content (AvgIpc) is 2.17. The summed E-state index contributed by atoms with van der Waals surface area (Å²) in [5.74, 6) is -0.402. The number of hydrogen-bond acceptors (Lipinski definition) is 2. The Labute approximate surface area is 82.9 Å². The Morgan fingerprint density at radius 3 is 2.57 bits per heavy atom. The van der Waals surface area contributed by atoms with Crippen LogP contribution in [0.4, 0.5) is 0 Å². The predicted molar refractivity (Wildman–Crippen MR) is 54.0 cm³/mol. The van der Waals surface area contributed by atoms with Gasteiger partial charge in [0, 0.05) is 5.56 Å². The zero-order valence-corrected chi connectivity index (χ0v) is 8.28. The summed E-state index contributed by atoms with van der Waals surface area (Å²) in [4.78, 5) is 21.7. The van der Waals surface area contributed by atoms with Crippen LogP contribution in [0.2, 0.25) is 0 Å². The fourth-order valence-corrected chi connectivity index (χ4v) is 1.14. The normalized spacial score (nSPS) is 11.0. The molecule has 0 atom stereocenters. The first kappa shape index (κ1) is 10.4. The average molecular weight is 191 g/mol. The van der Waals surface area contributed by atoms with Gasteiger partial charge in [-0.05, 0) is 25.5 Å². The topological polar surface area (TPSA) is 60.2 Å². The lowest BCUT2D eigenvalue weighted by molar-refractivity contribution is -0.122. The van der Waals surface area contributed by atoms with Gasteiger partial charge in [-0.3, -0.25) is 9.59 Å². The lowest BCUT2D eigenvalue weighted by Gasteiger charge is -2.20. The molecule has 1 aromatic rings. The Kier molecular flexibility index (Phi) is 2.70. The third kappa shape index (κ3) is 1.82. The van der Waals surface area contributed by atoms with Crippen molar-refractivity contribution < 1.29 is 9.59 Å². The molecule has 0 fully saturated rings. The molecule has 0 spiro atoms. The third-order valence-electron chi connectivity index (χ3n) is 2.36. The van der Waals surface area contributed by atoms with E-state index in [-0.39, 0.29) is 0 Å². The largest absolute Gasteiger partial charge is 0.369 e. The maximum atomic E-state index is 11.2. The number of primary amides is 1. The van der Waals surface area contributed by atoms with Gasteiger partial charge in [-0.25, -0.2) is 0 Å². The van der Waals surface area contributed by atoms with Crippen molar-refractivity contribution in [1.29, 1.82) is 0 Å². The first-order valence-electron chi connectivity index (χ1n) is 4.34. The van der Waals surface area contributed by atoms with Crippen LogP contribution in [0.3, 0.4) is 0 Å². The Morgan fingerprint density at radius 1 is 1.43 bits per heavy atom. The quantitative estimate of drug-likeness (QED) is 0.731. The summed E-state index contributed by atoms with van der Waals surface area (Å²) < 4.78 is 0. The molecule has 0 saturated carbocycles. The van der Waals surface area contributed by atoms with Crippen LogP contribution < -0.4 is 5.73 Å². The molecule has 0 aliphatic rings. The monoisotopic (exact) mass is 191 g/mol. The number of aldehydes is 1. The molecule has 1 aromatic carbocycles. The highest BCUT2D eigenvalue weighted by molar-refractivity contribution is 5.86. The molecule has 0 radical (unpaired) electrons. The van der Waals surface area contributed by atoms with Crippen molar-refractivity contribution in [1.82, 2.24) is 0 Å². The first-order valence-corrected chi connectivity index (χ1v) is 4.34. The Morgan fingerprint density at radius 2 is 2.07 bits per heavy atom. The first-order chi connectivity index (χ1) is 6.48. The minimum Gasteiger partial charge on any atom is -0.369 e. The van der Waals surface area contributed by atoms with Crippen molar-refractivity contribution in [2.24, 2.45) is 5.73 Å². The van der Waals surface area contributed by atoms with Gasteiger partial charge in [-0.2, -0.15) is 0 Å². The molecule has 1 rings (SSSR count). The Balaban J connectivity index is 3.18. The van der Waals surface area contributed by atoms with Crippen LogP contribution in [0.15, 0.2) is 24.3 Å². The number of amides is 1. The number of nitrogens with two attached hydrogens (primary N) is 1. The van der Waals surface area contributed by atoms with Gasteiger partial charge in [-0.1, -0.05) is 18.2 Å². The SMILES string of the molecule is CC(C)(C(N)=O)c1cccc(C=O)c1. The molecule has 3 heteroatoms. The zero-order chi connectivity index (χ0) is 10.8. The van der Waals surface area contributed by atoms with E-state index in [1.807, 2.05) is 0 Å². The molecule has 74 valence electrons. The minimum atomic E-state index is -0.737. The molecule has 0 unspecified atom stereocenters. The number of hydrogen-bond donors (Lipinski definition) is 1. The second kappa shape index (κ2) is 3.62. The van der Waals surface area contributed by atoms with Crippen molar-refractivity contribution in [2.45, 2.75) is 19.3 Å². The Bertz CT molecular complexity index is 369. The van der Waals surface area contributed by atoms with Crippen LogP contribution >= 0.6 is 0 Å². The van der Waals surface area contributed by atoms with E-state index < -0.39 is 11.3 Å². The molecule has 2 N–H and O–H groups in total. The molecule has 0 aromatic heterocycles. The molecule has 0 heterocycles. The predicted octanol–water partition coefficient (Wildman–Crippen LogP) is 1.26. The molecule has 14 heavy (non-hydrogen) atoms. The Hall–Kier alpha value is -1.64. The summed E-state index contributed by atoms with van der Waals surface area (Å²) in [5.41, 5.74) is 5.84. The van der Waals surface area contributed by atoms with Gasteiger partial charge >= 0.3 is 0 Å². The summed E-state index contributed by atoms with van der Waals surface area (Å²) in [7, 11) is 0. The van der Waals surface area contributed by atoms with Gasteiger partial charge in [-0.15, -0.1) is 0 Å². The molecule has 0 bridgehead atoms. The zero-order valence-electron chi connectivity index (χ0n) is 8.28. The second-order valence-electron chi connectivity index (χ2n) is 3.73. The van der Waals surface area contributed by atoms with E-state index in [1.54, 1.807) is 38.1 Å². The van der Waals surface area contributed by atoms with Crippen molar-refractivity contribution in [3.05, 3.63) is 35.4 Å². The highest BCUT2D eigenvalue weighted by Gasteiger charge is 2.27. The maximum absolute atomic E-state index is 11.2. The summed E-state index contributed by atoms with van der Waals surface area (Å²) in [6, 6.07) is 6.90. The van der Waals surface area contributed by atoms with E-state index in [4.69, 9.17) is 5.73 Å². The lowest BCUT2D eigenvalue weighted by atomic mass is 9.83. The second-order valence-corrected chi connectivity index (χ2v) is 3.73. The van der Waals surface area contributed by atoms with Crippen molar-refractivity contribution in [3.63, 3.8) is 0 Å². The van der Waals surface area contributed by atoms with E-state index in [2.05, 4.69) is 0 Å². The summed E-state index contributed by atoms with van der Waals surface area (Å²) in [5, 5.41) is 0. The minimum absolute atomic E-state index is 0.402. The van der Waals surface area contributed by atoms with Crippen LogP contribution in [0.5, 0.6) is 0 Å². The highest BCUT2D eigenvalue weighted by atomic mass is 16.1. The number of benzene rings is 1. The smallest absolute Gasteiger partial charge is 0.227 e. The van der Waals surface area contributed by atoms with Crippen LogP contribution in [0.1, 0.15) is 29.8 Å². The molecule has 0 aliphatic heterocycles. The van der Waals surface area contributed by atoms with Gasteiger partial charge in [0.2, 0.25) is 5.91 Å². The van der Waals surface area contributed by atoms with Crippen LogP contribution in [0, 0.1) is 0 Å². The van der Waals surface area contributed by atoms with Crippen molar-refractivity contribution >= 4 is 12.2 Å². The molecule has 3 nitrogen and oxygen atoms in total. The van der Waals surface area contributed by atoms with Crippen molar-refractivity contribution in [3.8, 4) is 0 Å². The van der Waals surface area contributed by atoms with E-state index in [0.717, 1.165) is 11.8 Å². The lowest BCUT2D eigenvalue weighted by Crippen LogP contribution is -2.35. The van der Waals surface area contributed by atoms with E-state index in [1.165, 1.54) is 0 Å². The van der Waals surface area contributed by atoms with E-state index in [0.29, 0.717) is 5.56 Å². The standard InChI is InChI=1S/C11H13NO2/c1-11(2,10(12)14)9-5-3-4-8(6-9)7-13/h3-7H,1-2H3,(H2,12,14). The van der Waals surface area contributed by atoms with Crippen LogP contribution in [-0.4, -0.2) is 12.2 Å². The number of carbonyl (C=O) groups excluding carboxylic acids is 2. The molecular weight excluding hydrogens is 178 g/mol. The summed E-state index contributed by atoms with van der Waals surface area (Å²) >= 11 is 0. The third-order valence-corrected chi connectivity index (χ3v) is 2.36. The molecule has 0 aliphatic carbocycles. The van der Waals surface area contributed by atoms with Gasteiger partial charge in [0.1, 0.15) is 6.29 Å². The van der Waals surface area contributed by atoms with Gasteiger partial charge in [0.15, 0.2) is 0 Å².